The van der Waals surface area contributed by atoms with Gasteiger partial charge in [0.05, 0.1) is 22.2 Å². The van der Waals surface area contributed by atoms with E-state index in [2.05, 4.69) is 10.3 Å². The lowest BCUT2D eigenvalue weighted by Gasteiger charge is -2.32. The highest BCUT2D eigenvalue weighted by Crippen LogP contribution is 2.24. The van der Waals surface area contributed by atoms with Crippen LogP contribution in [0.5, 0.6) is 0 Å². The molecule has 0 aliphatic carbocycles. The summed E-state index contributed by atoms with van der Waals surface area (Å²) in [5.41, 5.74) is 1.64. The van der Waals surface area contributed by atoms with Crippen LogP contribution in [-0.2, 0) is 16.1 Å². The van der Waals surface area contributed by atoms with Crippen molar-refractivity contribution in [2.24, 2.45) is 5.92 Å². The Labute approximate surface area is 231 Å². The maximum atomic E-state index is 13.5. The summed E-state index contributed by atoms with van der Waals surface area (Å²) in [5, 5.41) is 12.9. The lowest BCUT2D eigenvalue weighted by molar-refractivity contribution is -0.134. The van der Waals surface area contributed by atoms with Gasteiger partial charge in [-0.1, -0.05) is 42.5 Å². The maximum absolute atomic E-state index is 13.5. The van der Waals surface area contributed by atoms with E-state index in [0.29, 0.717) is 50.3 Å². The summed E-state index contributed by atoms with van der Waals surface area (Å²) in [6.45, 7) is 3.08. The number of fused-ring (bicyclic) bond motifs is 1. The van der Waals surface area contributed by atoms with Crippen LogP contribution in [0.2, 0.25) is 0 Å². The van der Waals surface area contributed by atoms with Crippen LogP contribution in [0.4, 0.5) is 4.79 Å². The normalized spacial score (nSPS) is 16.0. The van der Waals surface area contributed by atoms with Gasteiger partial charge in [0.1, 0.15) is 0 Å². The number of benzene rings is 2. The fraction of sp³-hybridized carbons (Fsp3) is 0.414. The Morgan fingerprint density at radius 1 is 1.10 bits per heavy atom. The average molecular weight is 551 g/mol. The van der Waals surface area contributed by atoms with E-state index in [9.17, 15) is 24.3 Å². The molecule has 10 heteroatoms. The first kappa shape index (κ1) is 28.2. The zero-order valence-electron chi connectivity index (χ0n) is 22.0. The van der Waals surface area contributed by atoms with Crippen LogP contribution in [0, 0.1) is 5.92 Å². The largest absolute Gasteiger partial charge is 0.465 e. The Kier molecular flexibility index (Phi) is 9.64. The second kappa shape index (κ2) is 13.3. The Balaban J connectivity index is 1.42. The van der Waals surface area contributed by atoms with Gasteiger partial charge in [0.2, 0.25) is 17.6 Å². The van der Waals surface area contributed by atoms with Gasteiger partial charge in [0.15, 0.2) is 5.01 Å². The van der Waals surface area contributed by atoms with Crippen molar-refractivity contribution in [1.29, 1.82) is 0 Å². The molecule has 1 fully saturated rings. The number of amides is 3. The van der Waals surface area contributed by atoms with E-state index in [1.54, 1.807) is 4.90 Å². The van der Waals surface area contributed by atoms with Gasteiger partial charge in [-0.3, -0.25) is 14.4 Å². The summed E-state index contributed by atoms with van der Waals surface area (Å²) in [7, 11) is 0. The summed E-state index contributed by atoms with van der Waals surface area (Å²) in [6.07, 6.45) is 1.85. The fourth-order valence-electron chi connectivity index (χ4n) is 4.86. The first-order chi connectivity index (χ1) is 18.8. The minimum atomic E-state index is -0.999. The van der Waals surface area contributed by atoms with Crippen LogP contribution in [0.1, 0.15) is 54.4 Å². The molecule has 2 N–H and O–H groups in total. The topological polar surface area (TPSA) is 120 Å². The highest BCUT2D eigenvalue weighted by molar-refractivity contribution is 7.20. The third-order valence-corrected chi connectivity index (χ3v) is 8.08. The van der Waals surface area contributed by atoms with Gasteiger partial charge in [0.25, 0.3) is 0 Å². The summed E-state index contributed by atoms with van der Waals surface area (Å²) in [5.74, 6) is -0.922. The Hall–Kier alpha value is -3.79. The summed E-state index contributed by atoms with van der Waals surface area (Å²) in [4.78, 5) is 57.9. The number of unbranched alkanes of at least 4 members (excludes halogenated alkanes) is 1. The van der Waals surface area contributed by atoms with Crippen LogP contribution in [0.3, 0.4) is 0 Å². The number of ketones is 1. The summed E-state index contributed by atoms with van der Waals surface area (Å²) < 4.78 is 0.897. The van der Waals surface area contributed by atoms with E-state index in [4.69, 9.17) is 0 Å². The van der Waals surface area contributed by atoms with Gasteiger partial charge in [-0.25, -0.2) is 9.78 Å². The number of carbonyl (C=O) groups excluding carboxylic acids is 3. The molecule has 1 saturated heterocycles. The number of hydrogen-bond acceptors (Lipinski definition) is 6. The Morgan fingerprint density at radius 2 is 1.85 bits per heavy atom. The molecule has 206 valence electrons. The number of aromatic nitrogens is 1. The van der Waals surface area contributed by atoms with Crippen LogP contribution in [0.25, 0.3) is 10.2 Å². The Bertz CT molecular complexity index is 1280. The number of carbonyl (C=O) groups is 4. The first-order valence-corrected chi connectivity index (χ1v) is 14.1. The molecule has 1 unspecified atom stereocenters. The number of nitrogens with zero attached hydrogens (tertiary/aromatic N) is 3. The number of piperidine rings is 1. The number of likely N-dealkylation sites (tertiary alicyclic amines) is 1. The molecule has 2 aromatic carbocycles. The van der Waals surface area contributed by atoms with Gasteiger partial charge in [0, 0.05) is 33.1 Å². The van der Waals surface area contributed by atoms with Crippen LogP contribution >= 0.6 is 11.3 Å². The first-order valence-electron chi connectivity index (χ1n) is 13.3. The van der Waals surface area contributed by atoms with Gasteiger partial charge >= 0.3 is 6.09 Å². The molecule has 3 amide bonds. The predicted molar refractivity (Wildman–Crippen MR) is 150 cm³/mol. The molecule has 0 bridgehead atoms. The highest BCUT2D eigenvalue weighted by Gasteiger charge is 2.31. The van der Waals surface area contributed by atoms with Crippen LogP contribution in [0.15, 0.2) is 54.6 Å². The van der Waals surface area contributed by atoms with Crippen molar-refractivity contribution in [3.05, 3.63) is 65.2 Å². The quantitative estimate of drug-likeness (QED) is 0.267. The zero-order valence-corrected chi connectivity index (χ0v) is 22.9. The van der Waals surface area contributed by atoms with Gasteiger partial charge in [-0.15, -0.1) is 11.3 Å². The van der Waals surface area contributed by atoms with E-state index in [0.717, 1.165) is 22.2 Å². The summed E-state index contributed by atoms with van der Waals surface area (Å²) in [6, 6.07) is 16.1. The second-order valence-electron chi connectivity index (χ2n) is 9.90. The van der Waals surface area contributed by atoms with Crippen molar-refractivity contribution in [2.45, 2.75) is 51.6 Å². The Morgan fingerprint density at radius 3 is 2.56 bits per heavy atom. The third-order valence-electron chi connectivity index (χ3n) is 7.03. The van der Waals surface area contributed by atoms with Crippen molar-refractivity contribution < 1.29 is 24.3 Å². The van der Waals surface area contributed by atoms with E-state index < -0.39 is 12.1 Å². The molecule has 0 saturated carbocycles. The van der Waals surface area contributed by atoms with Crippen molar-refractivity contribution in [1.82, 2.24) is 20.1 Å². The zero-order chi connectivity index (χ0) is 27.8. The number of nitrogens with one attached hydrogen (secondary N) is 1. The van der Waals surface area contributed by atoms with Crippen molar-refractivity contribution in [3.63, 3.8) is 0 Å². The summed E-state index contributed by atoms with van der Waals surface area (Å²) >= 11 is 1.30. The SMILES string of the molecule is CC(=O)N1CCCC(C(=O)N[C@@H](CCCCN(Cc2ccccc2)C(=O)O)C(=O)c2nc3ccccc3s2)C1. The molecule has 1 aliphatic rings. The predicted octanol–water partition coefficient (Wildman–Crippen LogP) is 4.57. The third kappa shape index (κ3) is 7.63. The van der Waals surface area contributed by atoms with Crippen LogP contribution < -0.4 is 5.32 Å². The van der Waals surface area contributed by atoms with Gasteiger partial charge in [-0.2, -0.15) is 0 Å². The number of hydrogen-bond donors (Lipinski definition) is 2. The van der Waals surface area contributed by atoms with Gasteiger partial charge < -0.3 is 20.2 Å². The maximum Gasteiger partial charge on any atom is 0.407 e. The standard InChI is InChI=1S/C29H34N4O5S/c1-20(34)32-17-9-12-22(19-32)27(36)30-24(26(35)28-31-23-13-5-6-15-25(23)39-28)14-7-8-16-33(29(37)38)18-21-10-3-2-4-11-21/h2-6,10-11,13,15,22,24H,7-9,12,14,16-19H2,1H3,(H,30,36)(H,37,38)/t22?,24-/m0/s1. The molecule has 1 aliphatic heterocycles. The van der Waals surface area contributed by atoms with Crippen molar-refractivity contribution in [2.75, 3.05) is 19.6 Å². The number of rotatable bonds is 11. The minimum absolute atomic E-state index is 0.0620. The average Bonchev–Trinajstić information content (AvgIpc) is 3.38. The molecule has 4 rings (SSSR count). The van der Waals surface area contributed by atoms with E-state index in [-0.39, 0.29) is 30.1 Å². The minimum Gasteiger partial charge on any atom is -0.465 e. The molecule has 2 heterocycles. The lowest BCUT2D eigenvalue weighted by Crippen LogP contribution is -2.49. The molecule has 1 aromatic heterocycles. The monoisotopic (exact) mass is 550 g/mol. The molecule has 3 aromatic rings. The molecule has 2 atom stereocenters. The van der Waals surface area contributed by atoms with E-state index >= 15 is 0 Å². The number of carboxylic acid groups (broad SMARTS) is 1. The van der Waals surface area contributed by atoms with E-state index in [1.165, 1.54) is 23.2 Å². The number of para-hydroxylation sites is 1. The molecule has 39 heavy (non-hydrogen) atoms. The van der Waals surface area contributed by atoms with Crippen molar-refractivity contribution >= 4 is 45.2 Å². The molecule has 9 nitrogen and oxygen atoms in total. The van der Waals surface area contributed by atoms with Crippen molar-refractivity contribution in [3.8, 4) is 0 Å². The highest BCUT2D eigenvalue weighted by atomic mass is 32.1. The van der Waals surface area contributed by atoms with E-state index in [1.807, 2.05) is 54.6 Å². The molecule has 0 radical (unpaired) electrons. The number of Topliss-reactive ketones (excluding diaryl/α,β-unsaturated/α-hetero) is 1. The molecule has 0 spiro atoms. The van der Waals surface area contributed by atoms with Crippen LogP contribution in [-0.4, -0.2) is 69.3 Å². The van der Waals surface area contributed by atoms with Gasteiger partial charge in [-0.05, 0) is 49.8 Å². The lowest BCUT2D eigenvalue weighted by atomic mass is 9.95. The molecular weight excluding hydrogens is 516 g/mol. The molecular formula is C29H34N4O5S. The smallest absolute Gasteiger partial charge is 0.407 e. The second-order valence-corrected chi connectivity index (χ2v) is 10.9. The fourth-order valence-corrected chi connectivity index (χ4v) is 5.82. The number of thiazole rings is 1.